The Bertz CT molecular complexity index is 4340. The molecule has 0 aromatic carbocycles. The molecule has 0 rings (SSSR count). The number of carbonyl (C=O) groups is 33. The molecular formula is C82H107NO58. The summed E-state index contributed by atoms with van der Waals surface area (Å²) in [7, 11) is 0. The number of ketones is 11. The summed E-state index contributed by atoms with van der Waals surface area (Å²) in [4.78, 5) is 348. The van der Waals surface area contributed by atoms with E-state index in [2.05, 4.69) is 47.9 Å². The highest BCUT2D eigenvalue weighted by Gasteiger charge is 2.41. The number of carboxylic acid groups (broad SMARTS) is 12. The molecule has 13 atom stereocenters. The topological polar surface area (TPSA) is 982 Å². The van der Waals surface area contributed by atoms with Gasteiger partial charge in [0, 0.05) is 102 Å². The summed E-state index contributed by atoms with van der Waals surface area (Å²) >= 11 is 0. The van der Waals surface area contributed by atoms with Crippen LogP contribution in [0.15, 0.2) is 72.9 Å². The molecular weight excluding hydrogens is 1930 g/mol. The number of ether oxygens (including phenoxy) is 9. The fourth-order valence-electron chi connectivity index (χ4n) is 6.54. The van der Waals surface area contributed by atoms with E-state index in [0.717, 1.165) is 112 Å². The number of carbonyl (C=O) groups excluding carboxylic acids is 21. The third-order valence-corrected chi connectivity index (χ3v) is 13.1. The number of hydrogen-bond donors (Lipinski definition) is 17. The molecule has 0 heterocycles. The van der Waals surface area contributed by atoms with Crippen LogP contribution in [0, 0.1) is 0 Å². The number of nitrogens with one attached hydrogen (secondary N) is 1. The van der Waals surface area contributed by atoms with Crippen molar-refractivity contribution in [1.29, 1.82) is 0 Å². The lowest BCUT2D eigenvalue weighted by atomic mass is 10.1. The fraction of sp³-hybridized carbons (Fsp3) is 0.451. The van der Waals surface area contributed by atoms with Gasteiger partial charge in [-0.25, -0.2) is 71.9 Å². The molecule has 0 saturated carbocycles. The molecule has 788 valence electrons. The molecule has 0 spiro atoms. The second-order valence-corrected chi connectivity index (χ2v) is 26.2. The quantitative estimate of drug-likeness (QED) is 0.0156. The highest BCUT2D eigenvalue weighted by molar-refractivity contribution is 6.00. The molecule has 0 aliphatic rings. The molecule has 0 unspecified atom stereocenters. The van der Waals surface area contributed by atoms with Gasteiger partial charge in [0.05, 0.1) is 12.8 Å². The molecule has 0 aromatic rings. The van der Waals surface area contributed by atoms with Crippen LogP contribution in [0.2, 0.25) is 0 Å². The number of allylic oxidation sites excluding steroid dienone is 4. The SMILES string of the molecule is CC(=O)/C=C/C(=O)CCCC(=O)O.CC(=O)/C=C/C(=O)O[C@@H](C)C(=O)O.CC(=O)/C=C/C(=O)O[C@@H](CC(=O)O)C(=O)O.CC(=O)CCNC(=O)/C=C/C(=O)O.CC(=O)C[C@H](OC(=O)/C=C/C(=O)O)C(=O)O.CC(=O)O[C@H](C(C)=O)[C@H](OC(C)=O)C(=O)O.CC(=O)O[C@H](C(C)=O)[C@H](OC(C)=O)C(=O)O[C@@H](C)C(=O)O.CC(=O)[C@@H](O)[C@H](O)C(=O)O.CC(=O)[C@H](C)OC(=O)/C=C/C(=O)O.CC(=O)[C@H](O)[C@@H](O)C(=O)O. The third-order valence-electron chi connectivity index (χ3n) is 13.1. The van der Waals surface area contributed by atoms with Gasteiger partial charge in [0.25, 0.3) is 0 Å². The summed E-state index contributed by atoms with van der Waals surface area (Å²) in [5.41, 5.74) is 0. The largest absolute Gasteiger partial charge is 0.481 e. The van der Waals surface area contributed by atoms with E-state index in [1.165, 1.54) is 60.6 Å². The number of aliphatic carboxylic acids is 12. The number of aliphatic hydroxyl groups excluding tert-OH is 4. The molecule has 0 aliphatic heterocycles. The number of hydrogen-bond acceptors (Lipinski definition) is 46. The lowest BCUT2D eigenvalue weighted by Gasteiger charge is -2.23. The van der Waals surface area contributed by atoms with Crippen molar-refractivity contribution in [1.82, 2.24) is 5.32 Å². The lowest BCUT2D eigenvalue weighted by molar-refractivity contribution is -0.187. The summed E-state index contributed by atoms with van der Waals surface area (Å²) in [5.74, 6) is -30.7. The van der Waals surface area contributed by atoms with E-state index in [0.29, 0.717) is 24.6 Å². The first-order valence-electron chi connectivity index (χ1n) is 38.4. The highest BCUT2D eigenvalue weighted by Crippen LogP contribution is 2.13. The molecule has 59 nitrogen and oxygen atoms in total. The average Bonchev–Trinajstić information content (AvgIpc) is 0.741. The number of rotatable bonds is 49. The van der Waals surface area contributed by atoms with Gasteiger partial charge in [-0.15, -0.1) is 0 Å². The second-order valence-electron chi connectivity index (χ2n) is 26.2. The molecule has 0 aromatic heterocycles. The maximum Gasteiger partial charge on any atom is 0.352 e. The summed E-state index contributed by atoms with van der Waals surface area (Å²) in [6.45, 7) is 19.6. The maximum atomic E-state index is 11.8. The van der Waals surface area contributed by atoms with Crippen molar-refractivity contribution in [3.05, 3.63) is 72.9 Å². The van der Waals surface area contributed by atoms with E-state index in [-0.39, 0.29) is 54.7 Å². The summed E-state index contributed by atoms with van der Waals surface area (Å²) < 4.78 is 40.2. The predicted molar refractivity (Wildman–Crippen MR) is 452 cm³/mol. The van der Waals surface area contributed by atoms with Crippen molar-refractivity contribution in [2.24, 2.45) is 0 Å². The number of Topliss-reactive ketones (excluding diaryl/α,β-unsaturated/α-hetero) is 7. The predicted octanol–water partition coefficient (Wildman–Crippen LogP) is -4.08. The number of aliphatic hydroxyl groups is 4. The van der Waals surface area contributed by atoms with Crippen LogP contribution in [0.25, 0.3) is 0 Å². The van der Waals surface area contributed by atoms with Gasteiger partial charge in [0.1, 0.15) is 23.8 Å². The Morgan fingerprint density at radius 1 is 0.255 bits per heavy atom. The van der Waals surface area contributed by atoms with Gasteiger partial charge in [0.15, 0.2) is 82.6 Å². The second kappa shape index (κ2) is 81.4. The number of amides is 1. The molecule has 1 amide bonds. The van der Waals surface area contributed by atoms with Crippen LogP contribution >= 0.6 is 0 Å². The Morgan fingerprint density at radius 2 is 0.560 bits per heavy atom. The molecule has 0 radical (unpaired) electrons. The van der Waals surface area contributed by atoms with E-state index in [1.807, 2.05) is 0 Å². The van der Waals surface area contributed by atoms with Crippen LogP contribution in [0.4, 0.5) is 0 Å². The molecule has 0 bridgehead atoms. The third kappa shape index (κ3) is 95.9. The van der Waals surface area contributed by atoms with Gasteiger partial charge in [-0.05, 0) is 121 Å². The van der Waals surface area contributed by atoms with Gasteiger partial charge in [-0.3, -0.25) is 86.3 Å². The Balaban J connectivity index is -0.000000170. The molecule has 59 heteroatoms. The van der Waals surface area contributed by atoms with E-state index >= 15 is 0 Å². The first-order chi connectivity index (χ1) is 64.3. The van der Waals surface area contributed by atoms with Crippen LogP contribution in [-0.2, 0) is 201 Å². The van der Waals surface area contributed by atoms with Gasteiger partial charge >= 0.3 is 125 Å². The lowest BCUT2D eigenvalue weighted by Crippen LogP contribution is -2.46. The van der Waals surface area contributed by atoms with Crippen molar-refractivity contribution < 1.29 is 283 Å². The average molecular weight is 2030 g/mol. The van der Waals surface area contributed by atoms with Gasteiger partial charge in [-0.2, -0.15) is 0 Å². The Morgan fingerprint density at radius 3 is 0.830 bits per heavy atom. The zero-order chi connectivity index (χ0) is 113. The molecule has 0 aliphatic carbocycles. The van der Waals surface area contributed by atoms with E-state index < -0.39 is 258 Å². The first kappa shape index (κ1) is 144. The maximum absolute atomic E-state index is 11.8. The van der Waals surface area contributed by atoms with Crippen LogP contribution in [0.5, 0.6) is 0 Å². The fourth-order valence-corrected chi connectivity index (χ4v) is 6.54. The minimum Gasteiger partial charge on any atom is -0.481 e. The first-order valence-corrected chi connectivity index (χ1v) is 38.4. The van der Waals surface area contributed by atoms with Crippen LogP contribution in [-0.4, -0.2) is 362 Å². The number of esters is 9. The van der Waals surface area contributed by atoms with Crippen molar-refractivity contribution in [2.75, 3.05) is 6.54 Å². The monoisotopic (exact) mass is 2030 g/mol. The minimum atomic E-state index is -2.02. The Labute approximate surface area is 795 Å². The van der Waals surface area contributed by atoms with Crippen molar-refractivity contribution in [3.8, 4) is 0 Å². The molecule has 0 fully saturated rings. The van der Waals surface area contributed by atoms with Gasteiger partial charge in [0.2, 0.25) is 42.5 Å². The number of carboxylic acids is 12. The zero-order valence-electron chi connectivity index (χ0n) is 77.7. The van der Waals surface area contributed by atoms with E-state index in [4.69, 9.17) is 81.7 Å². The summed E-state index contributed by atoms with van der Waals surface area (Å²) in [6, 6.07) is 0. The van der Waals surface area contributed by atoms with E-state index in [1.54, 1.807) is 0 Å². The molecule has 17 N–H and O–H groups in total. The Hall–Kier alpha value is -17.0. The zero-order valence-corrected chi connectivity index (χ0v) is 77.7. The standard InChI is InChI=1S/C12H16O9.C9H12O7.2C9H10O7.C9H12O4.C8H11NO4.2C8H10O5.2C5H8O5/c1-5(13)9(20-7(3)14)10(21-8(4)15)12(18)19-6(2)11(16)17;1-4(10)7(15-5(2)11)8(9(13)14)16-6(3)12;1-5(10)4-6(9(14)15)16-8(13)3-2-7(11)12;1-5(10)2-3-8(13)16-6(9(14)15)4-7(11)12;1-7(10)5-6-8(11)3-2-4-9(12)13;1-6(10)4-5-9-7(11)2-3-8(12)13;1-5(9)6(2)13-8(12)4-3-7(10)11;1-5(9)3-4-7(10)13-6(2)8(11)12;2*1-2(6)3(7)4(8)5(9)10/h6,9-10H,1-4H3,(H,16,17);7-8H,1-3H3,(H,13,14);2*2-3,6H,4H2,1H3,(H,11,12)(H,14,15);5-6H,2-4H2,1H3,(H,12,13);2-3H,4-5H2,1H3,(H,9,11)(H,12,13);3-4,6H,1-2H3,(H,10,11);3-4,6H,1-2H3,(H,11,12);2*3-4,7-8H,1H3,(H,9,10)/b;;2*3-2+;6-5+;3-2+;2*4-3+;;/t6-,9+,10-;7-,8+;2*6-;;;2*6-;2*3-,4+/m0100..0010/s1. The molecule has 0 saturated heterocycles. The highest BCUT2D eigenvalue weighted by atomic mass is 16.6. The van der Waals surface area contributed by atoms with Crippen molar-refractivity contribution in [2.45, 2.75) is 236 Å². The summed E-state index contributed by atoms with van der Waals surface area (Å²) in [6.07, 6.45) is -12.2. The van der Waals surface area contributed by atoms with Gasteiger partial charge in [-0.1, -0.05) is 0 Å². The normalized spacial score (nSPS) is 12.8. The van der Waals surface area contributed by atoms with Crippen molar-refractivity contribution in [3.63, 3.8) is 0 Å². The summed E-state index contributed by atoms with van der Waals surface area (Å²) in [5, 5.41) is 137. The van der Waals surface area contributed by atoms with Crippen molar-refractivity contribution >= 4 is 195 Å². The van der Waals surface area contributed by atoms with Crippen LogP contribution in [0.1, 0.15) is 156 Å². The smallest absolute Gasteiger partial charge is 0.352 e. The van der Waals surface area contributed by atoms with E-state index in [9.17, 15) is 158 Å². The van der Waals surface area contributed by atoms with Crippen LogP contribution < -0.4 is 5.32 Å². The Kier molecular flexibility index (Phi) is 83.3. The minimum absolute atomic E-state index is 0.0142. The van der Waals surface area contributed by atoms with Gasteiger partial charge < -0.3 is 130 Å². The van der Waals surface area contributed by atoms with Crippen LogP contribution in [0.3, 0.4) is 0 Å². The molecule has 141 heavy (non-hydrogen) atoms.